The van der Waals surface area contributed by atoms with Gasteiger partial charge < -0.3 is 10.1 Å². The van der Waals surface area contributed by atoms with Crippen molar-refractivity contribution in [2.75, 3.05) is 5.32 Å². The average molecular weight is 266 g/mol. The van der Waals surface area contributed by atoms with E-state index in [4.69, 9.17) is 20.5 Å². The third-order valence-corrected chi connectivity index (χ3v) is 2.43. The van der Waals surface area contributed by atoms with Crippen LogP contribution in [0.15, 0.2) is 29.5 Å². The third-order valence-electron chi connectivity index (χ3n) is 2.43. The lowest BCUT2D eigenvalue weighted by molar-refractivity contribution is 0.242. The molecule has 0 saturated heterocycles. The Morgan fingerprint density at radius 2 is 1.80 bits per heavy atom. The van der Waals surface area contributed by atoms with Gasteiger partial charge in [-0.05, 0) is 32.4 Å². The summed E-state index contributed by atoms with van der Waals surface area (Å²) in [6.45, 7) is 5.68. The normalized spacial score (nSPS) is 9.05. The Hall–Kier alpha value is -2.97. The Bertz CT molecular complexity index is 638. The number of anilines is 1. The minimum Gasteiger partial charge on any atom is -0.491 e. The molecule has 1 rings (SSSR count). The fourth-order valence-electron chi connectivity index (χ4n) is 1.50. The van der Waals surface area contributed by atoms with E-state index < -0.39 is 0 Å². The smallest absolute Gasteiger partial charge is 0.163 e. The molecular weight excluding hydrogens is 252 g/mol. The van der Waals surface area contributed by atoms with Gasteiger partial charge in [-0.2, -0.15) is 15.8 Å². The molecule has 0 atom stereocenters. The van der Waals surface area contributed by atoms with E-state index in [1.165, 1.54) is 0 Å². The van der Waals surface area contributed by atoms with E-state index in [2.05, 4.69) is 5.32 Å². The van der Waals surface area contributed by atoms with Crippen LogP contribution >= 0.6 is 0 Å². The molecule has 0 aliphatic carbocycles. The van der Waals surface area contributed by atoms with Crippen molar-refractivity contribution in [3.8, 4) is 24.0 Å². The standard InChI is InChI=1S/C15H14N4O/c1-10(2)20-13-5-4-11(3)14(6-13)19-15(9-18)12(7-16)8-17/h4-6,10,19H,1-3H3. The highest BCUT2D eigenvalue weighted by atomic mass is 16.5. The molecule has 0 spiro atoms. The molecular formula is C15H14N4O. The highest BCUT2D eigenvalue weighted by molar-refractivity contribution is 5.63. The third kappa shape index (κ3) is 3.77. The number of nitriles is 3. The van der Waals surface area contributed by atoms with Gasteiger partial charge in [-0.25, -0.2) is 0 Å². The van der Waals surface area contributed by atoms with Gasteiger partial charge >= 0.3 is 0 Å². The van der Waals surface area contributed by atoms with E-state index in [1.54, 1.807) is 18.2 Å². The topological polar surface area (TPSA) is 92.6 Å². The molecule has 1 aromatic rings. The van der Waals surface area contributed by atoms with E-state index in [0.29, 0.717) is 11.4 Å². The molecule has 0 heterocycles. The molecule has 0 aliphatic heterocycles. The maximum absolute atomic E-state index is 9.02. The van der Waals surface area contributed by atoms with E-state index in [-0.39, 0.29) is 17.4 Å². The van der Waals surface area contributed by atoms with E-state index in [1.807, 2.05) is 39.0 Å². The number of hydrogen-bond acceptors (Lipinski definition) is 5. The summed E-state index contributed by atoms with van der Waals surface area (Å²) >= 11 is 0. The molecule has 0 aromatic heterocycles. The van der Waals surface area contributed by atoms with E-state index in [0.717, 1.165) is 5.56 Å². The molecule has 0 unspecified atom stereocenters. The van der Waals surface area contributed by atoms with Gasteiger partial charge in [0.1, 0.15) is 29.7 Å². The largest absolute Gasteiger partial charge is 0.491 e. The summed E-state index contributed by atoms with van der Waals surface area (Å²) in [6.07, 6.45) is 0.0327. The van der Waals surface area contributed by atoms with Crippen LogP contribution in [0, 0.1) is 40.9 Å². The molecule has 0 saturated carbocycles. The fourth-order valence-corrected chi connectivity index (χ4v) is 1.50. The maximum Gasteiger partial charge on any atom is 0.163 e. The molecule has 1 N–H and O–H groups in total. The van der Waals surface area contributed by atoms with Crippen molar-refractivity contribution in [3.63, 3.8) is 0 Å². The number of ether oxygens (including phenoxy) is 1. The van der Waals surface area contributed by atoms with Crippen molar-refractivity contribution in [2.24, 2.45) is 0 Å². The van der Waals surface area contributed by atoms with Crippen molar-refractivity contribution in [1.82, 2.24) is 0 Å². The summed E-state index contributed by atoms with van der Waals surface area (Å²) in [5.41, 5.74) is 1.19. The zero-order chi connectivity index (χ0) is 15.1. The zero-order valence-electron chi connectivity index (χ0n) is 11.6. The van der Waals surface area contributed by atoms with E-state index >= 15 is 0 Å². The van der Waals surface area contributed by atoms with Crippen LogP contribution in [0.3, 0.4) is 0 Å². The Labute approximate surface area is 118 Å². The second-order valence-electron chi connectivity index (χ2n) is 4.35. The molecule has 5 heteroatoms. The first kappa shape index (κ1) is 15.1. The van der Waals surface area contributed by atoms with Crippen LogP contribution in [0.25, 0.3) is 0 Å². The summed E-state index contributed by atoms with van der Waals surface area (Å²) < 4.78 is 5.57. The highest BCUT2D eigenvalue weighted by Gasteiger charge is 2.09. The first-order chi connectivity index (χ1) is 9.51. The lowest BCUT2D eigenvalue weighted by Crippen LogP contribution is -2.07. The summed E-state index contributed by atoms with van der Waals surface area (Å²) in [7, 11) is 0. The fraction of sp³-hybridized carbons (Fsp3) is 0.267. The predicted octanol–water partition coefficient (Wildman–Crippen LogP) is 3.02. The lowest BCUT2D eigenvalue weighted by atomic mass is 10.1. The van der Waals surface area contributed by atoms with Crippen LogP contribution in [0.5, 0.6) is 5.75 Å². The van der Waals surface area contributed by atoms with Crippen LogP contribution in [-0.2, 0) is 0 Å². The molecule has 0 radical (unpaired) electrons. The van der Waals surface area contributed by atoms with Crippen LogP contribution in [0.2, 0.25) is 0 Å². The van der Waals surface area contributed by atoms with Crippen molar-refractivity contribution in [1.29, 1.82) is 15.8 Å². The van der Waals surface area contributed by atoms with Crippen LogP contribution in [0.4, 0.5) is 5.69 Å². The number of hydrogen-bond donors (Lipinski definition) is 1. The number of allylic oxidation sites excluding steroid dienone is 2. The number of nitrogens with zero attached hydrogens (tertiary/aromatic N) is 3. The molecule has 100 valence electrons. The first-order valence-corrected chi connectivity index (χ1v) is 6.00. The second-order valence-corrected chi connectivity index (χ2v) is 4.35. The van der Waals surface area contributed by atoms with Crippen LogP contribution < -0.4 is 10.1 Å². The van der Waals surface area contributed by atoms with E-state index in [9.17, 15) is 0 Å². The minimum atomic E-state index is -0.248. The van der Waals surface area contributed by atoms with Crippen LogP contribution in [-0.4, -0.2) is 6.10 Å². The van der Waals surface area contributed by atoms with Gasteiger partial charge in [-0.1, -0.05) is 6.07 Å². The van der Waals surface area contributed by atoms with Gasteiger partial charge in [0.25, 0.3) is 0 Å². The molecule has 0 amide bonds. The van der Waals surface area contributed by atoms with Crippen molar-refractivity contribution in [3.05, 3.63) is 35.0 Å². The monoisotopic (exact) mass is 266 g/mol. The number of nitrogens with one attached hydrogen (secondary N) is 1. The quantitative estimate of drug-likeness (QED) is 0.845. The molecule has 0 aliphatic rings. The van der Waals surface area contributed by atoms with Crippen molar-refractivity contribution in [2.45, 2.75) is 26.9 Å². The predicted molar refractivity (Wildman–Crippen MR) is 74.4 cm³/mol. The van der Waals surface area contributed by atoms with Crippen LogP contribution in [0.1, 0.15) is 19.4 Å². The molecule has 0 bridgehead atoms. The van der Waals surface area contributed by atoms with Gasteiger partial charge in [0, 0.05) is 11.8 Å². The minimum absolute atomic E-state index is 0.0327. The Morgan fingerprint density at radius 3 is 2.30 bits per heavy atom. The molecule has 1 aromatic carbocycles. The highest BCUT2D eigenvalue weighted by Crippen LogP contribution is 2.24. The molecule has 20 heavy (non-hydrogen) atoms. The summed E-state index contributed by atoms with van der Waals surface area (Å²) in [4.78, 5) is 0. The molecule has 5 nitrogen and oxygen atoms in total. The second kappa shape index (κ2) is 6.83. The van der Waals surface area contributed by atoms with Gasteiger partial charge in [0.05, 0.1) is 6.10 Å². The summed E-state index contributed by atoms with van der Waals surface area (Å²) in [5.74, 6) is 0.654. The lowest BCUT2D eigenvalue weighted by Gasteiger charge is -2.13. The zero-order valence-corrected chi connectivity index (χ0v) is 11.6. The maximum atomic E-state index is 9.02. The van der Waals surface area contributed by atoms with Gasteiger partial charge in [0.15, 0.2) is 5.57 Å². The average Bonchev–Trinajstić information content (AvgIpc) is 2.41. The summed E-state index contributed by atoms with van der Waals surface area (Å²) in [5, 5.41) is 29.4. The number of benzene rings is 1. The SMILES string of the molecule is Cc1ccc(OC(C)C)cc1NC(C#N)=C(C#N)C#N. The van der Waals surface area contributed by atoms with Crippen molar-refractivity contribution < 1.29 is 4.74 Å². The van der Waals surface area contributed by atoms with Gasteiger partial charge in [-0.3, -0.25) is 0 Å². The Morgan fingerprint density at radius 1 is 1.15 bits per heavy atom. The van der Waals surface area contributed by atoms with Crippen molar-refractivity contribution >= 4 is 5.69 Å². The number of aryl methyl sites for hydroxylation is 1. The summed E-state index contributed by atoms with van der Waals surface area (Å²) in [6, 6.07) is 10.6. The first-order valence-electron chi connectivity index (χ1n) is 6.00. The van der Waals surface area contributed by atoms with Gasteiger partial charge in [-0.15, -0.1) is 0 Å². The number of rotatable bonds is 4. The Kier molecular flexibility index (Phi) is 5.15. The Balaban J connectivity index is 3.16. The molecule has 0 fully saturated rings. The van der Waals surface area contributed by atoms with Gasteiger partial charge in [0.2, 0.25) is 0 Å².